The molecule has 0 fully saturated rings. The van der Waals surface area contributed by atoms with Crippen LogP contribution >= 0.6 is 0 Å². The summed E-state index contributed by atoms with van der Waals surface area (Å²) in [5.41, 5.74) is -4.33. The zero-order valence-electron chi connectivity index (χ0n) is 9.17. The first-order valence-corrected chi connectivity index (χ1v) is 4.66. The van der Waals surface area contributed by atoms with Gasteiger partial charge in [-0.15, -0.1) is 0 Å². The first-order valence-electron chi connectivity index (χ1n) is 4.66. The van der Waals surface area contributed by atoms with Crippen molar-refractivity contribution in [2.45, 2.75) is 17.9 Å². The van der Waals surface area contributed by atoms with Crippen LogP contribution in [0.4, 0.5) is 26.3 Å². The minimum Gasteiger partial charge on any atom is -0.479 e. The summed E-state index contributed by atoms with van der Waals surface area (Å²) in [4.78, 5) is 21.6. The van der Waals surface area contributed by atoms with Gasteiger partial charge >= 0.3 is 24.2 Å². The van der Waals surface area contributed by atoms with Crippen LogP contribution in [0, 0.1) is 0 Å². The van der Waals surface area contributed by atoms with E-state index in [0.29, 0.717) is 17.6 Å². The molecular weight excluding hydrogens is 300 g/mol. The highest BCUT2D eigenvalue weighted by Crippen LogP contribution is 2.40. The number of rotatable bonds is 3. The lowest BCUT2D eigenvalue weighted by atomic mass is 9.95. The molecule has 0 radical (unpaired) electrons. The zero-order valence-corrected chi connectivity index (χ0v) is 9.17. The first kappa shape index (κ1) is 15.9. The smallest absolute Gasteiger partial charge is 0.471 e. The number of hydrogen-bond donors (Lipinski definition) is 2. The number of aliphatic carboxylic acids is 1. The Morgan fingerprint density at radius 1 is 1.15 bits per heavy atom. The summed E-state index contributed by atoms with van der Waals surface area (Å²) in [5, 5.41) is 9.11. The Balaban J connectivity index is 3.42. The van der Waals surface area contributed by atoms with Crippen LogP contribution in [-0.4, -0.2) is 29.3 Å². The minimum atomic E-state index is -5.77. The Labute approximate surface area is 106 Å². The fourth-order valence-corrected chi connectivity index (χ4v) is 1.29. The molecule has 1 unspecified atom stereocenters. The number of amides is 1. The molecule has 20 heavy (non-hydrogen) atoms. The number of carbonyl (C=O) groups excluding carboxylic acids is 1. The largest absolute Gasteiger partial charge is 0.479 e. The number of halogens is 6. The highest BCUT2D eigenvalue weighted by Gasteiger charge is 2.67. The standard InChI is InChI=1S/C9H5F6NO4/c10-8(11,12)5(17)16-7(6(18)19,9(13,14)15)4-2-1-3-20-4/h1-3H,(H,16,17)(H,18,19). The monoisotopic (exact) mass is 305 g/mol. The van der Waals surface area contributed by atoms with Gasteiger partial charge in [-0.1, -0.05) is 0 Å². The summed E-state index contributed by atoms with van der Waals surface area (Å²) >= 11 is 0. The number of nitrogens with one attached hydrogen (secondary N) is 1. The molecule has 2 N–H and O–H groups in total. The van der Waals surface area contributed by atoms with E-state index >= 15 is 0 Å². The molecule has 0 saturated carbocycles. The van der Waals surface area contributed by atoms with Crippen LogP contribution in [0.5, 0.6) is 0 Å². The predicted octanol–water partition coefficient (Wildman–Crippen LogP) is 1.80. The Kier molecular flexibility index (Phi) is 3.74. The van der Waals surface area contributed by atoms with Gasteiger partial charge < -0.3 is 14.8 Å². The van der Waals surface area contributed by atoms with Crippen molar-refractivity contribution in [3.8, 4) is 0 Å². The Hall–Kier alpha value is -2.20. The molecule has 1 atom stereocenters. The molecule has 0 bridgehead atoms. The molecule has 5 nitrogen and oxygen atoms in total. The van der Waals surface area contributed by atoms with Crippen molar-refractivity contribution >= 4 is 11.9 Å². The third kappa shape index (κ3) is 2.56. The van der Waals surface area contributed by atoms with Gasteiger partial charge in [0.1, 0.15) is 5.76 Å². The number of furan rings is 1. The zero-order chi connectivity index (χ0) is 15.8. The molecule has 1 amide bonds. The van der Waals surface area contributed by atoms with Crippen LogP contribution in [0.1, 0.15) is 5.76 Å². The number of carboxylic acids is 1. The number of carboxylic acid groups (broad SMARTS) is 1. The molecule has 1 rings (SSSR count). The van der Waals surface area contributed by atoms with Crippen molar-refractivity contribution in [2.75, 3.05) is 0 Å². The van der Waals surface area contributed by atoms with Crippen LogP contribution < -0.4 is 5.32 Å². The van der Waals surface area contributed by atoms with Gasteiger partial charge in [0.15, 0.2) is 0 Å². The van der Waals surface area contributed by atoms with E-state index in [-0.39, 0.29) is 0 Å². The van der Waals surface area contributed by atoms with Gasteiger partial charge in [-0.3, -0.25) is 4.79 Å². The minimum absolute atomic E-state index is 0.430. The molecule has 0 spiro atoms. The second-order valence-electron chi connectivity index (χ2n) is 3.48. The average Bonchev–Trinajstić information content (AvgIpc) is 2.74. The fourth-order valence-electron chi connectivity index (χ4n) is 1.29. The highest BCUT2D eigenvalue weighted by molar-refractivity contribution is 5.90. The molecule has 0 aromatic carbocycles. The Morgan fingerprint density at radius 3 is 2.00 bits per heavy atom. The summed E-state index contributed by atoms with van der Waals surface area (Å²) in [6.07, 6.45) is -10.8. The molecule has 1 heterocycles. The van der Waals surface area contributed by atoms with Crippen molar-refractivity contribution in [1.82, 2.24) is 5.32 Å². The quantitative estimate of drug-likeness (QED) is 0.835. The molecule has 1 aromatic rings. The van der Waals surface area contributed by atoms with Crippen LogP contribution in [0.2, 0.25) is 0 Å². The Morgan fingerprint density at radius 2 is 1.70 bits per heavy atom. The summed E-state index contributed by atoms with van der Waals surface area (Å²) in [5.74, 6) is -7.23. The van der Waals surface area contributed by atoms with Gasteiger partial charge in [0.05, 0.1) is 6.26 Å². The van der Waals surface area contributed by atoms with Crippen LogP contribution in [0.15, 0.2) is 22.8 Å². The van der Waals surface area contributed by atoms with E-state index in [0.717, 1.165) is 6.07 Å². The topological polar surface area (TPSA) is 79.5 Å². The summed E-state index contributed by atoms with van der Waals surface area (Å²) in [6.45, 7) is 0. The van der Waals surface area contributed by atoms with Gasteiger partial charge in [-0.2, -0.15) is 26.3 Å². The van der Waals surface area contributed by atoms with Gasteiger partial charge in [0.2, 0.25) is 0 Å². The van der Waals surface area contributed by atoms with E-state index in [9.17, 15) is 35.9 Å². The van der Waals surface area contributed by atoms with E-state index in [1.807, 2.05) is 0 Å². The van der Waals surface area contributed by atoms with E-state index in [2.05, 4.69) is 4.42 Å². The summed E-state index contributed by atoms with van der Waals surface area (Å²) < 4.78 is 79.2. The molecule has 0 aliphatic heterocycles. The van der Waals surface area contributed by atoms with Crippen LogP contribution in [-0.2, 0) is 15.1 Å². The number of alkyl halides is 6. The van der Waals surface area contributed by atoms with Crippen molar-refractivity contribution < 1.29 is 45.5 Å². The molecule has 112 valence electrons. The third-order valence-corrected chi connectivity index (χ3v) is 2.20. The second-order valence-corrected chi connectivity index (χ2v) is 3.48. The van der Waals surface area contributed by atoms with Gasteiger partial charge in [0, 0.05) is 0 Å². The molecule has 0 aliphatic rings. The molecule has 0 saturated heterocycles. The SMILES string of the molecule is O=C(NC(C(=O)O)(c1ccco1)C(F)(F)F)C(F)(F)F. The summed E-state index contributed by atoms with van der Waals surface area (Å²) in [7, 11) is 0. The maximum Gasteiger partial charge on any atom is 0.471 e. The van der Waals surface area contributed by atoms with Gasteiger partial charge in [0.25, 0.3) is 5.54 Å². The van der Waals surface area contributed by atoms with Gasteiger partial charge in [-0.25, -0.2) is 4.79 Å². The lowest BCUT2D eigenvalue weighted by molar-refractivity contribution is -0.224. The van der Waals surface area contributed by atoms with E-state index < -0.39 is 35.5 Å². The van der Waals surface area contributed by atoms with Crippen LogP contribution in [0.3, 0.4) is 0 Å². The second kappa shape index (κ2) is 4.72. The van der Waals surface area contributed by atoms with Crippen molar-refractivity contribution in [3.05, 3.63) is 24.2 Å². The van der Waals surface area contributed by atoms with Crippen molar-refractivity contribution in [1.29, 1.82) is 0 Å². The molecule has 0 aliphatic carbocycles. The predicted molar refractivity (Wildman–Crippen MR) is 48.3 cm³/mol. The lowest BCUT2D eigenvalue weighted by Crippen LogP contribution is -2.63. The maximum absolute atomic E-state index is 12.9. The fraction of sp³-hybridized carbons (Fsp3) is 0.333. The highest BCUT2D eigenvalue weighted by atomic mass is 19.4. The number of hydrogen-bond acceptors (Lipinski definition) is 3. The lowest BCUT2D eigenvalue weighted by Gasteiger charge is -2.30. The average molecular weight is 305 g/mol. The van der Waals surface area contributed by atoms with E-state index in [1.165, 1.54) is 0 Å². The molecular formula is C9H5F6NO4. The van der Waals surface area contributed by atoms with Crippen molar-refractivity contribution in [3.63, 3.8) is 0 Å². The molecule has 1 aromatic heterocycles. The van der Waals surface area contributed by atoms with Gasteiger partial charge in [-0.05, 0) is 12.1 Å². The summed E-state index contributed by atoms with van der Waals surface area (Å²) in [6, 6.07) is 1.32. The van der Waals surface area contributed by atoms with E-state index in [4.69, 9.17) is 5.11 Å². The molecule has 11 heteroatoms. The van der Waals surface area contributed by atoms with Crippen molar-refractivity contribution in [2.24, 2.45) is 0 Å². The first-order chi connectivity index (χ1) is 8.93. The maximum atomic E-state index is 12.9. The van der Waals surface area contributed by atoms with E-state index in [1.54, 1.807) is 0 Å². The Bertz CT molecular complexity index is 505. The normalized spacial score (nSPS) is 15.5. The van der Waals surface area contributed by atoms with Crippen LogP contribution in [0.25, 0.3) is 0 Å². The number of carbonyl (C=O) groups is 2. The third-order valence-electron chi connectivity index (χ3n) is 2.20.